The van der Waals surface area contributed by atoms with Crippen LogP contribution in [0.2, 0.25) is 5.02 Å². The van der Waals surface area contributed by atoms with Crippen molar-refractivity contribution in [1.29, 1.82) is 0 Å². The zero-order valence-electron chi connectivity index (χ0n) is 15.6. The molecule has 1 aromatic rings. The molecule has 2 heterocycles. The van der Waals surface area contributed by atoms with Crippen LogP contribution in [0.5, 0.6) is 5.75 Å². The molecule has 1 fully saturated rings. The van der Waals surface area contributed by atoms with E-state index in [9.17, 15) is 18.0 Å². The van der Waals surface area contributed by atoms with Crippen LogP contribution in [-0.2, 0) is 19.6 Å². The number of anilines is 1. The van der Waals surface area contributed by atoms with E-state index < -0.39 is 22.2 Å². The second-order valence-corrected chi connectivity index (χ2v) is 8.87. The smallest absolute Gasteiger partial charge is 0.409 e. The minimum Gasteiger partial charge on any atom is -0.476 e. The molecule has 11 heteroatoms. The number of ether oxygens (including phenoxy) is 2. The number of piperazine rings is 1. The fourth-order valence-electron chi connectivity index (χ4n) is 3.19. The number of rotatable bonds is 3. The predicted molar refractivity (Wildman–Crippen MR) is 103 cm³/mol. The first-order valence-electron chi connectivity index (χ1n) is 8.85. The second-order valence-electron chi connectivity index (χ2n) is 6.52. The summed E-state index contributed by atoms with van der Waals surface area (Å²) < 4.78 is 36.3. The monoisotopic (exact) mass is 431 g/mol. The summed E-state index contributed by atoms with van der Waals surface area (Å²) in [5.74, 6) is -0.0395. The summed E-state index contributed by atoms with van der Waals surface area (Å²) in [5.41, 5.74) is 0.311. The molecular weight excluding hydrogens is 410 g/mol. The molecule has 1 unspecified atom stereocenters. The summed E-state index contributed by atoms with van der Waals surface area (Å²) in [6.45, 7) is 3.23. The maximum Gasteiger partial charge on any atom is 0.409 e. The van der Waals surface area contributed by atoms with E-state index >= 15 is 0 Å². The molecule has 2 amide bonds. The van der Waals surface area contributed by atoms with Crippen LogP contribution in [0.4, 0.5) is 10.5 Å². The topological polar surface area (TPSA) is 96.5 Å². The van der Waals surface area contributed by atoms with Gasteiger partial charge in [0.05, 0.1) is 25.1 Å². The zero-order valence-corrected chi connectivity index (χ0v) is 17.2. The van der Waals surface area contributed by atoms with Crippen LogP contribution in [-0.4, -0.2) is 81.9 Å². The highest BCUT2D eigenvalue weighted by Gasteiger charge is 2.38. The van der Waals surface area contributed by atoms with Gasteiger partial charge in [-0.3, -0.25) is 9.10 Å². The molecule has 0 aromatic heterocycles. The lowest BCUT2D eigenvalue weighted by Gasteiger charge is -2.39. The third kappa shape index (κ3) is 4.27. The summed E-state index contributed by atoms with van der Waals surface area (Å²) in [7, 11) is -3.63. The highest BCUT2D eigenvalue weighted by atomic mass is 35.5. The minimum atomic E-state index is -3.63. The van der Waals surface area contributed by atoms with Gasteiger partial charge >= 0.3 is 6.09 Å². The quantitative estimate of drug-likeness (QED) is 0.712. The van der Waals surface area contributed by atoms with Gasteiger partial charge in [0.1, 0.15) is 5.75 Å². The lowest BCUT2D eigenvalue weighted by atomic mass is 10.2. The minimum absolute atomic E-state index is 0.136. The van der Waals surface area contributed by atoms with Crippen molar-refractivity contribution < 1.29 is 27.5 Å². The van der Waals surface area contributed by atoms with Crippen LogP contribution in [0, 0.1) is 0 Å². The third-order valence-corrected chi connectivity index (χ3v) is 5.97. The number of benzene rings is 1. The van der Waals surface area contributed by atoms with Crippen molar-refractivity contribution in [2.24, 2.45) is 0 Å². The van der Waals surface area contributed by atoms with Gasteiger partial charge in [0.2, 0.25) is 10.0 Å². The number of fused-ring (bicyclic) bond motifs is 1. The van der Waals surface area contributed by atoms with Crippen LogP contribution in [0.15, 0.2) is 18.2 Å². The second kappa shape index (κ2) is 8.04. The molecular formula is C17H22ClN3O6S. The van der Waals surface area contributed by atoms with Gasteiger partial charge in [-0.25, -0.2) is 13.2 Å². The standard InChI is InChI=1S/C17H22ClN3O6S/c1-3-26-17(23)20-8-6-19(7-9-20)16(22)15-11-21(28(2,24)25)13-10-12(18)4-5-14(13)27-15/h4-5,10,15H,3,6-9,11H2,1-2H3. The first kappa shape index (κ1) is 20.5. The number of halogens is 1. The largest absolute Gasteiger partial charge is 0.476 e. The van der Waals surface area contributed by atoms with Gasteiger partial charge in [0.25, 0.3) is 5.91 Å². The highest BCUT2D eigenvalue weighted by Crippen LogP contribution is 2.37. The van der Waals surface area contributed by atoms with E-state index in [1.807, 2.05) is 0 Å². The van der Waals surface area contributed by atoms with Gasteiger partial charge in [0, 0.05) is 31.2 Å². The van der Waals surface area contributed by atoms with E-state index in [1.165, 1.54) is 11.0 Å². The number of carbonyl (C=O) groups is 2. The molecule has 0 bridgehead atoms. The lowest BCUT2D eigenvalue weighted by Crippen LogP contribution is -2.57. The molecule has 0 N–H and O–H groups in total. The van der Waals surface area contributed by atoms with Gasteiger partial charge in [-0.15, -0.1) is 0 Å². The fraction of sp³-hybridized carbons (Fsp3) is 0.529. The Morgan fingerprint density at radius 2 is 1.86 bits per heavy atom. The molecule has 3 rings (SSSR count). The number of amides is 2. The number of carbonyl (C=O) groups excluding carboxylic acids is 2. The molecule has 2 aliphatic rings. The van der Waals surface area contributed by atoms with Gasteiger partial charge in [-0.2, -0.15) is 0 Å². The van der Waals surface area contributed by atoms with Crippen LogP contribution in [0.3, 0.4) is 0 Å². The van der Waals surface area contributed by atoms with Crippen LogP contribution in [0.25, 0.3) is 0 Å². The molecule has 0 spiro atoms. The van der Waals surface area contributed by atoms with Crippen molar-refractivity contribution in [2.75, 3.05) is 49.9 Å². The van der Waals surface area contributed by atoms with E-state index in [2.05, 4.69) is 0 Å². The predicted octanol–water partition coefficient (Wildman–Crippen LogP) is 1.17. The van der Waals surface area contributed by atoms with E-state index in [4.69, 9.17) is 21.1 Å². The molecule has 1 atom stereocenters. The first-order chi connectivity index (χ1) is 13.2. The van der Waals surface area contributed by atoms with Gasteiger partial charge in [-0.1, -0.05) is 11.6 Å². The molecule has 9 nitrogen and oxygen atoms in total. The highest BCUT2D eigenvalue weighted by molar-refractivity contribution is 7.92. The van der Waals surface area contributed by atoms with Crippen molar-refractivity contribution in [2.45, 2.75) is 13.0 Å². The molecule has 0 saturated carbocycles. The molecule has 154 valence electrons. The molecule has 0 aliphatic carbocycles. The third-order valence-electron chi connectivity index (χ3n) is 4.58. The Morgan fingerprint density at radius 3 is 2.46 bits per heavy atom. The van der Waals surface area contributed by atoms with E-state index in [0.29, 0.717) is 43.5 Å². The van der Waals surface area contributed by atoms with Gasteiger partial charge < -0.3 is 19.3 Å². The van der Waals surface area contributed by atoms with Crippen molar-refractivity contribution in [1.82, 2.24) is 9.80 Å². The molecule has 1 saturated heterocycles. The number of sulfonamides is 1. The van der Waals surface area contributed by atoms with Crippen molar-refractivity contribution >= 4 is 39.3 Å². The Morgan fingerprint density at radius 1 is 1.21 bits per heavy atom. The maximum atomic E-state index is 12.9. The molecule has 0 radical (unpaired) electrons. The molecule has 28 heavy (non-hydrogen) atoms. The Hall–Kier alpha value is -2.20. The van der Waals surface area contributed by atoms with Crippen molar-refractivity contribution in [3.63, 3.8) is 0 Å². The normalized spacial score (nSPS) is 19.7. The SMILES string of the molecule is CCOC(=O)N1CCN(C(=O)C2CN(S(C)(=O)=O)c3cc(Cl)ccc3O2)CC1. The van der Waals surface area contributed by atoms with Crippen LogP contribution in [0.1, 0.15) is 6.92 Å². The maximum absolute atomic E-state index is 12.9. The summed E-state index contributed by atoms with van der Waals surface area (Å²) in [6.07, 6.45) is -0.307. The Kier molecular flexibility index (Phi) is 5.90. The molecule has 2 aliphatic heterocycles. The van der Waals surface area contributed by atoms with Crippen molar-refractivity contribution in [3.8, 4) is 5.75 Å². The number of nitrogens with zero attached hydrogens (tertiary/aromatic N) is 3. The van der Waals surface area contributed by atoms with E-state index in [0.717, 1.165) is 10.6 Å². The molecule has 1 aromatic carbocycles. The fourth-order valence-corrected chi connectivity index (χ4v) is 4.27. The Labute approximate surface area is 168 Å². The lowest BCUT2D eigenvalue weighted by molar-refractivity contribution is -0.140. The number of hydrogen-bond acceptors (Lipinski definition) is 6. The average Bonchev–Trinajstić information content (AvgIpc) is 2.66. The van der Waals surface area contributed by atoms with Crippen molar-refractivity contribution in [3.05, 3.63) is 23.2 Å². The average molecular weight is 432 g/mol. The Bertz CT molecular complexity index is 870. The summed E-state index contributed by atoms with van der Waals surface area (Å²) in [6, 6.07) is 4.62. The summed E-state index contributed by atoms with van der Waals surface area (Å²) in [5, 5.41) is 0.371. The van der Waals surface area contributed by atoms with Gasteiger partial charge in [0.15, 0.2) is 6.10 Å². The zero-order chi connectivity index (χ0) is 20.5. The van der Waals surface area contributed by atoms with Gasteiger partial charge in [-0.05, 0) is 25.1 Å². The van der Waals surface area contributed by atoms with Crippen LogP contribution < -0.4 is 9.04 Å². The van der Waals surface area contributed by atoms with Crippen LogP contribution >= 0.6 is 11.6 Å². The first-order valence-corrected chi connectivity index (χ1v) is 11.1. The Balaban J connectivity index is 1.73. The summed E-state index contributed by atoms with van der Waals surface area (Å²) >= 11 is 5.98. The number of hydrogen-bond donors (Lipinski definition) is 0. The van der Waals surface area contributed by atoms with E-state index in [1.54, 1.807) is 24.0 Å². The summed E-state index contributed by atoms with van der Waals surface area (Å²) in [4.78, 5) is 27.8. The van der Waals surface area contributed by atoms with E-state index in [-0.39, 0.29) is 18.2 Å².